The molecule has 1 rings (SSSR count). The molecule has 0 aliphatic rings. The number of hydrogen-bond donors (Lipinski definition) is 1. The first-order valence-electron chi connectivity index (χ1n) is 3.90. The zero-order valence-corrected chi connectivity index (χ0v) is 7.22. The van der Waals surface area contributed by atoms with Crippen molar-refractivity contribution < 1.29 is 4.52 Å². The minimum Gasteiger partial charge on any atom is -0.361 e. The van der Waals surface area contributed by atoms with Gasteiger partial charge in [0.05, 0.1) is 6.20 Å². The summed E-state index contributed by atoms with van der Waals surface area (Å²) < 4.78 is 4.94. The number of aromatic nitrogens is 1. The third kappa shape index (κ3) is 1.80. The Kier molecular flexibility index (Phi) is 2.65. The molecule has 1 N–H and O–H groups in total. The van der Waals surface area contributed by atoms with Crippen LogP contribution in [0.4, 0.5) is 0 Å². The molecule has 0 amide bonds. The summed E-state index contributed by atoms with van der Waals surface area (Å²) in [5.74, 6) is 0.901. The van der Waals surface area contributed by atoms with Gasteiger partial charge in [0.2, 0.25) is 0 Å². The van der Waals surface area contributed by atoms with E-state index in [0.29, 0.717) is 6.04 Å². The van der Waals surface area contributed by atoms with Gasteiger partial charge in [0.15, 0.2) is 0 Å². The highest BCUT2D eigenvalue weighted by atomic mass is 16.5. The van der Waals surface area contributed by atoms with E-state index < -0.39 is 0 Å². The molecule has 1 aromatic heterocycles. The second-order valence-corrected chi connectivity index (χ2v) is 2.62. The van der Waals surface area contributed by atoms with Crippen LogP contribution in [-0.2, 0) is 0 Å². The van der Waals surface area contributed by atoms with Crippen molar-refractivity contribution in [2.24, 2.45) is 0 Å². The van der Waals surface area contributed by atoms with Crippen molar-refractivity contribution in [1.29, 1.82) is 0 Å². The van der Waals surface area contributed by atoms with Gasteiger partial charge in [-0.2, -0.15) is 0 Å². The lowest BCUT2D eigenvalue weighted by atomic mass is 10.1. The predicted octanol–water partition coefficient (Wildman–Crippen LogP) is 1.65. The lowest BCUT2D eigenvalue weighted by Gasteiger charge is -2.09. The van der Waals surface area contributed by atoms with Crippen molar-refractivity contribution in [3.8, 4) is 0 Å². The lowest BCUT2D eigenvalue weighted by molar-refractivity contribution is 0.394. The Hall–Kier alpha value is -0.830. The molecule has 0 saturated heterocycles. The molecule has 0 radical (unpaired) electrons. The van der Waals surface area contributed by atoms with Gasteiger partial charge in [0.25, 0.3) is 0 Å². The molecule has 1 atom stereocenters. The smallest absolute Gasteiger partial charge is 0.138 e. The third-order valence-corrected chi connectivity index (χ3v) is 1.76. The van der Waals surface area contributed by atoms with Crippen LogP contribution in [0.25, 0.3) is 0 Å². The molecule has 0 aliphatic heterocycles. The van der Waals surface area contributed by atoms with Crippen LogP contribution in [0, 0.1) is 6.92 Å². The number of hydrogen-bond acceptors (Lipinski definition) is 3. The highest BCUT2D eigenvalue weighted by Crippen LogP contribution is 2.15. The summed E-state index contributed by atoms with van der Waals surface area (Å²) in [6, 6.07) is 0.339. The molecule has 3 heteroatoms. The summed E-state index contributed by atoms with van der Waals surface area (Å²) in [6.07, 6.45) is 1.77. The van der Waals surface area contributed by atoms with Crippen molar-refractivity contribution >= 4 is 0 Å². The van der Waals surface area contributed by atoms with E-state index in [1.54, 1.807) is 6.20 Å². The first-order chi connectivity index (χ1) is 5.25. The summed E-state index contributed by atoms with van der Waals surface area (Å²) in [5.41, 5.74) is 1.15. The molecule has 1 aromatic rings. The van der Waals surface area contributed by atoms with Crippen LogP contribution < -0.4 is 5.32 Å². The minimum atomic E-state index is 0.339. The summed E-state index contributed by atoms with van der Waals surface area (Å²) in [7, 11) is 0. The number of nitrogens with zero attached hydrogens (tertiary/aromatic N) is 1. The summed E-state index contributed by atoms with van der Waals surface area (Å²) in [4.78, 5) is 0. The van der Waals surface area contributed by atoms with E-state index in [0.717, 1.165) is 17.9 Å². The molecule has 0 bridgehead atoms. The van der Waals surface area contributed by atoms with E-state index in [4.69, 9.17) is 4.52 Å². The van der Waals surface area contributed by atoms with Crippen LogP contribution >= 0.6 is 0 Å². The predicted molar refractivity (Wildman–Crippen MR) is 43.3 cm³/mol. The molecule has 62 valence electrons. The van der Waals surface area contributed by atoms with Crippen LogP contribution in [0.15, 0.2) is 10.7 Å². The molecule has 0 aromatic carbocycles. The molecular weight excluding hydrogens is 140 g/mol. The molecule has 1 heterocycles. The van der Waals surface area contributed by atoms with Crippen molar-refractivity contribution in [1.82, 2.24) is 10.5 Å². The van der Waals surface area contributed by atoms with Gasteiger partial charge in [-0.15, -0.1) is 0 Å². The van der Waals surface area contributed by atoms with Crippen molar-refractivity contribution in [3.63, 3.8) is 0 Å². The minimum absolute atomic E-state index is 0.339. The standard InChI is InChI=1S/C8H14N2O/c1-4-9-6(2)8-5-10-11-7(8)3/h5-6,9H,4H2,1-3H3. The van der Waals surface area contributed by atoms with Gasteiger partial charge in [-0.1, -0.05) is 12.1 Å². The molecule has 0 spiro atoms. The van der Waals surface area contributed by atoms with Crippen molar-refractivity contribution in [2.45, 2.75) is 26.8 Å². The zero-order chi connectivity index (χ0) is 8.27. The zero-order valence-electron chi connectivity index (χ0n) is 7.22. The molecule has 0 fully saturated rings. The van der Waals surface area contributed by atoms with E-state index >= 15 is 0 Å². The molecule has 0 saturated carbocycles. The Morgan fingerprint density at radius 1 is 1.73 bits per heavy atom. The SMILES string of the molecule is CCNC(C)c1cnoc1C. The van der Waals surface area contributed by atoms with Gasteiger partial charge in [-0.05, 0) is 20.4 Å². The molecule has 3 nitrogen and oxygen atoms in total. The maximum atomic E-state index is 4.94. The summed E-state index contributed by atoms with van der Waals surface area (Å²) in [6.45, 7) is 7.07. The molecule has 1 unspecified atom stereocenters. The fraction of sp³-hybridized carbons (Fsp3) is 0.625. The fourth-order valence-electron chi connectivity index (χ4n) is 1.14. The molecule has 11 heavy (non-hydrogen) atoms. The Bertz CT molecular complexity index is 220. The van der Waals surface area contributed by atoms with E-state index in [1.165, 1.54) is 0 Å². The maximum absolute atomic E-state index is 4.94. The lowest BCUT2D eigenvalue weighted by Crippen LogP contribution is -2.17. The topological polar surface area (TPSA) is 38.1 Å². The van der Waals surface area contributed by atoms with Gasteiger partial charge < -0.3 is 9.84 Å². The van der Waals surface area contributed by atoms with Crippen LogP contribution in [0.2, 0.25) is 0 Å². The Morgan fingerprint density at radius 3 is 2.91 bits per heavy atom. The molecule has 0 aliphatic carbocycles. The second kappa shape index (κ2) is 3.53. The number of aryl methyl sites for hydroxylation is 1. The van der Waals surface area contributed by atoms with Crippen molar-refractivity contribution in [2.75, 3.05) is 6.54 Å². The van der Waals surface area contributed by atoms with E-state index in [2.05, 4.69) is 24.3 Å². The van der Waals surface area contributed by atoms with Crippen molar-refractivity contribution in [3.05, 3.63) is 17.5 Å². The second-order valence-electron chi connectivity index (χ2n) is 2.62. The van der Waals surface area contributed by atoms with Crippen LogP contribution in [0.3, 0.4) is 0 Å². The quantitative estimate of drug-likeness (QED) is 0.719. The summed E-state index contributed by atoms with van der Waals surface area (Å²) >= 11 is 0. The maximum Gasteiger partial charge on any atom is 0.138 e. The number of nitrogens with one attached hydrogen (secondary N) is 1. The van der Waals surface area contributed by atoms with Gasteiger partial charge in [0, 0.05) is 11.6 Å². The monoisotopic (exact) mass is 154 g/mol. The van der Waals surface area contributed by atoms with Crippen LogP contribution in [0.5, 0.6) is 0 Å². The average molecular weight is 154 g/mol. The van der Waals surface area contributed by atoms with E-state index in [-0.39, 0.29) is 0 Å². The highest BCUT2D eigenvalue weighted by molar-refractivity contribution is 5.15. The first-order valence-corrected chi connectivity index (χ1v) is 3.90. The normalized spacial score (nSPS) is 13.4. The Labute approximate surface area is 66.8 Å². The third-order valence-electron chi connectivity index (χ3n) is 1.76. The van der Waals surface area contributed by atoms with E-state index in [9.17, 15) is 0 Å². The first kappa shape index (κ1) is 8.27. The summed E-state index contributed by atoms with van der Waals surface area (Å²) in [5, 5.41) is 7.00. The number of rotatable bonds is 3. The van der Waals surface area contributed by atoms with E-state index in [1.807, 2.05) is 6.92 Å². The van der Waals surface area contributed by atoms with Gasteiger partial charge in [-0.25, -0.2) is 0 Å². The highest BCUT2D eigenvalue weighted by Gasteiger charge is 2.09. The Balaban J connectivity index is 2.67. The fourth-order valence-corrected chi connectivity index (χ4v) is 1.14. The van der Waals surface area contributed by atoms with Gasteiger partial charge in [-0.3, -0.25) is 0 Å². The van der Waals surface area contributed by atoms with Gasteiger partial charge >= 0.3 is 0 Å². The van der Waals surface area contributed by atoms with Gasteiger partial charge in [0.1, 0.15) is 5.76 Å². The average Bonchev–Trinajstić information content (AvgIpc) is 2.36. The molecular formula is C8H14N2O. The largest absolute Gasteiger partial charge is 0.361 e. The van der Waals surface area contributed by atoms with Crippen LogP contribution in [-0.4, -0.2) is 11.7 Å². The Morgan fingerprint density at radius 2 is 2.45 bits per heavy atom. The van der Waals surface area contributed by atoms with Crippen LogP contribution in [0.1, 0.15) is 31.2 Å².